The number of nitrogens with zero attached hydrogens (tertiary/aromatic N) is 1. The molecule has 0 fully saturated rings. The van der Waals surface area contributed by atoms with E-state index >= 15 is 0 Å². The van der Waals surface area contributed by atoms with E-state index in [1.165, 1.54) is 18.3 Å². The third kappa shape index (κ3) is 3.21. The summed E-state index contributed by atoms with van der Waals surface area (Å²) in [6.07, 6.45) is 1.43. The number of hydrogen-bond donors (Lipinski definition) is 3. The lowest BCUT2D eigenvalue weighted by Gasteiger charge is -2.09. The number of rotatable bonds is 5. The third-order valence-electron chi connectivity index (χ3n) is 2.94. The molecule has 2 aromatic rings. The molecule has 0 bridgehead atoms. The minimum absolute atomic E-state index is 0.0104. The average molecular weight is 277 g/mol. The number of aromatic amines is 1. The number of amides is 1. The van der Waals surface area contributed by atoms with Crippen molar-refractivity contribution in [3.63, 3.8) is 0 Å². The van der Waals surface area contributed by atoms with E-state index in [9.17, 15) is 9.18 Å². The van der Waals surface area contributed by atoms with Gasteiger partial charge in [0.2, 0.25) is 0 Å². The van der Waals surface area contributed by atoms with Gasteiger partial charge in [0, 0.05) is 18.7 Å². The molecule has 1 aromatic carbocycles. The first-order chi connectivity index (χ1) is 9.61. The Morgan fingerprint density at radius 2 is 2.15 bits per heavy atom. The van der Waals surface area contributed by atoms with Crippen molar-refractivity contribution in [1.29, 1.82) is 0 Å². The molecule has 0 aliphatic carbocycles. The van der Waals surface area contributed by atoms with Crippen LogP contribution in [-0.2, 0) is 0 Å². The summed E-state index contributed by atoms with van der Waals surface area (Å²) in [6, 6.07) is 5.81. The van der Waals surface area contributed by atoms with Gasteiger partial charge >= 0.3 is 0 Å². The van der Waals surface area contributed by atoms with Crippen LogP contribution in [0.3, 0.4) is 0 Å². The average Bonchev–Trinajstić information content (AvgIpc) is 2.94. The lowest BCUT2D eigenvalue weighted by Crippen LogP contribution is -2.29. The number of carbonyl (C=O) groups excluding carboxylic acids is 1. The first kappa shape index (κ1) is 14.2. The maximum Gasteiger partial charge on any atom is 0.255 e. The van der Waals surface area contributed by atoms with Crippen LogP contribution >= 0.6 is 0 Å². The summed E-state index contributed by atoms with van der Waals surface area (Å²) in [5.74, 6) is -0.630. The Hall–Kier alpha value is -2.21. The summed E-state index contributed by atoms with van der Waals surface area (Å²) in [7, 11) is 0. The molecule has 106 valence electrons. The molecule has 0 aliphatic heterocycles. The molecular formula is C14H16FN3O2. The first-order valence-electron chi connectivity index (χ1n) is 6.30. The maximum atomic E-state index is 12.9. The highest BCUT2D eigenvalue weighted by atomic mass is 19.1. The van der Waals surface area contributed by atoms with Crippen molar-refractivity contribution in [2.24, 2.45) is 5.92 Å². The van der Waals surface area contributed by atoms with E-state index in [1.54, 1.807) is 12.1 Å². The first-order valence-corrected chi connectivity index (χ1v) is 6.30. The van der Waals surface area contributed by atoms with E-state index in [4.69, 9.17) is 5.11 Å². The molecule has 0 saturated heterocycles. The van der Waals surface area contributed by atoms with Crippen molar-refractivity contribution in [2.75, 3.05) is 13.2 Å². The fourth-order valence-electron chi connectivity index (χ4n) is 1.72. The third-order valence-corrected chi connectivity index (χ3v) is 2.94. The summed E-state index contributed by atoms with van der Waals surface area (Å²) >= 11 is 0. The Labute approximate surface area is 115 Å². The van der Waals surface area contributed by atoms with Crippen LogP contribution in [0.1, 0.15) is 17.3 Å². The van der Waals surface area contributed by atoms with Gasteiger partial charge in [-0.1, -0.05) is 6.92 Å². The van der Waals surface area contributed by atoms with E-state index in [0.717, 1.165) is 0 Å². The number of aromatic nitrogens is 2. The van der Waals surface area contributed by atoms with Crippen molar-refractivity contribution in [3.05, 3.63) is 41.8 Å². The van der Waals surface area contributed by atoms with Crippen molar-refractivity contribution in [2.45, 2.75) is 6.92 Å². The number of aliphatic hydroxyl groups is 1. The quantitative estimate of drug-likeness (QED) is 0.776. The number of halogens is 1. The molecule has 6 heteroatoms. The van der Waals surface area contributed by atoms with Gasteiger partial charge in [-0.05, 0) is 30.2 Å². The molecule has 0 saturated carbocycles. The fourth-order valence-corrected chi connectivity index (χ4v) is 1.72. The second-order valence-electron chi connectivity index (χ2n) is 4.66. The van der Waals surface area contributed by atoms with Gasteiger partial charge in [0.05, 0.1) is 17.5 Å². The van der Waals surface area contributed by atoms with E-state index in [2.05, 4.69) is 15.5 Å². The molecule has 1 heterocycles. The lowest BCUT2D eigenvalue weighted by atomic mass is 10.1. The van der Waals surface area contributed by atoms with Crippen LogP contribution in [-0.4, -0.2) is 34.4 Å². The molecule has 0 aliphatic rings. The van der Waals surface area contributed by atoms with Crippen LogP contribution in [0.15, 0.2) is 30.5 Å². The van der Waals surface area contributed by atoms with E-state index < -0.39 is 0 Å². The number of nitrogens with one attached hydrogen (secondary N) is 2. The molecule has 20 heavy (non-hydrogen) atoms. The zero-order valence-electron chi connectivity index (χ0n) is 11.1. The second-order valence-corrected chi connectivity index (χ2v) is 4.66. The summed E-state index contributed by atoms with van der Waals surface area (Å²) in [6.45, 7) is 2.22. The Morgan fingerprint density at radius 3 is 2.80 bits per heavy atom. The molecule has 1 atom stereocenters. The summed E-state index contributed by atoms with van der Waals surface area (Å²) in [5, 5.41) is 18.3. The van der Waals surface area contributed by atoms with Gasteiger partial charge in [0.1, 0.15) is 5.82 Å². The predicted molar refractivity (Wildman–Crippen MR) is 72.6 cm³/mol. The van der Waals surface area contributed by atoms with Gasteiger partial charge in [-0.15, -0.1) is 0 Å². The smallest absolute Gasteiger partial charge is 0.255 e. The van der Waals surface area contributed by atoms with Gasteiger partial charge in [-0.25, -0.2) is 4.39 Å². The van der Waals surface area contributed by atoms with Crippen LogP contribution in [0.5, 0.6) is 0 Å². The van der Waals surface area contributed by atoms with Crippen LogP contribution < -0.4 is 5.32 Å². The van der Waals surface area contributed by atoms with Gasteiger partial charge in [-0.3, -0.25) is 9.89 Å². The number of carbonyl (C=O) groups is 1. The summed E-state index contributed by atoms with van der Waals surface area (Å²) < 4.78 is 12.9. The highest BCUT2D eigenvalue weighted by molar-refractivity contribution is 5.99. The molecular weight excluding hydrogens is 261 g/mol. The lowest BCUT2D eigenvalue weighted by molar-refractivity contribution is 0.0943. The van der Waals surface area contributed by atoms with Crippen LogP contribution in [0.4, 0.5) is 4.39 Å². The maximum absolute atomic E-state index is 12.9. The van der Waals surface area contributed by atoms with Crippen LogP contribution in [0, 0.1) is 11.7 Å². The largest absolute Gasteiger partial charge is 0.396 e. The van der Waals surface area contributed by atoms with Crippen LogP contribution in [0.2, 0.25) is 0 Å². The predicted octanol–water partition coefficient (Wildman–Crippen LogP) is 1.57. The number of hydrogen-bond acceptors (Lipinski definition) is 3. The number of H-pyrrole nitrogens is 1. The molecule has 0 spiro atoms. The molecule has 3 N–H and O–H groups in total. The molecule has 1 aromatic heterocycles. The normalized spacial score (nSPS) is 12.2. The Kier molecular flexibility index (Phi) is 4.47. The fraction of sp³-hybridized carbons (Fsp3) is 0.286. The Balaban J connectivity index is 2.16. The van der Waals surface area contributed by atoms with Crippen molar-refractivity contribution in [1.82, 2.24) is 15.5 Å². The zero-order valence-corrected chi connectivity index (χ0v) is 11.1. The molecule has 1 unspecified atom stereocenters. The second kappa shape index (κ2) is 6.29. The summed E-state index contributed by atoms with van der Waals surface area (Å²) in [5.41, 5.74) is 1.62. The van der Waals surface area contributed by atoms with Crippen molar-refractivity contribution in [3.8, 4) is 11.3 Å². The topological polar surface area (TPSA) is 78.0 Å². The number of benzene rings is 1. The van der Waals surface area contributed by atoms with E-state index in [0.29, 0.717) is 23.4 Å². The van der Waals surface area contributed by atoms with Gasteiger partial charge in [-0.2, -0.15) is 5.10 Å². The Morgan fingerprint density at radius 1 is 1.45 bits per heavy atom. The molecule has 2 rings (SSSR count). The number of aliphatic hydroxyl groups excluding tert-OH is 1. The van der Waals surface area contributed by atoms with E-state index in [1.807, 2.05) is 6.92 Å². The molecule has 1 amide bonds. The highest BCUT2D eigenvalue weighted by Gasteiger charge is 2.15. The zero-order chi connectivity index (χ0) is 14.5. The minimum Gasteiger partial charge on any atom is -0.396 e. The Bertz CT molecular complexity index is 580. The molecule has 5 nitrogen and oxygen atoms in total. The summed E-state index contributed by atoms with van der Waals surface area (Å²) in [4.78, 5) is 12.1. The monoisotopic (exact) mass is 277 g/mol. The standard InChI is InChI=1S/C14H16FN3O2/c1-9(8-19)6-16-14(20)12-7-17-18-13(12)10-2-4-11(15)5-3-10/h2-5,7,9,19H,6,8H2,1H3,(H,16,20)(H,17,18). The van der Waals surface area contributed by atoms with Gasteiger partial charge in [0.25, 0.3) is 5.91 Å². The highest BCUT2D eigenvalue weighted by Crippen LogP contribution is 2.21. The van der Waals surface area contributed by atoms with Crippen molar-refractivity contribution < 1.29 is 14.3 Å². The van der Waals surface area contributed by atoms with Crippen molar-refractivity contribution >= 4 is 5.91 Å². The van der Waals surface area contributed by atoms with Crippen LogP contribution in [0.25, 0.3) is 11.3 Å². The van der Waals surface area contributed by atoms with Gasteiger partial charge in [0.15, 0.2) is 0 Å². The SMILES string of the molecule is CC(CO)CNC(=O)c1cn[nH]c1-c1ccc(F)cc1. The molecule has 0 radical (unpaired) electrons. The minimum atomic E-state index is -0.337. The van der Waals surface area contributed by atoms with E-state index in [-0.39, 0.29) is 24.2 Å². The van der Waals surface area contributed by atoms with Gasteiger partial charge < -0.3 is 10.4 Å².